The van der Waals surface area contributed by atoms with Crippen LogP contribution in [-0.4, -0.2) is 42.0 Å². The number of nitrogens with one attached hydrogen (secondary N) is 1. The fourth-order valence-electron chi connectivity index (χ4n) is 2.17. The first-order chi connectivity index (χ1) is 9.26. The number of nitrogens with zero attached hydrogens (tertiary/aromatic N) is 2. The number of pyridine rings is 1. The van der Waals surface area contributed by atoms with Gasteiger partial charge in [-0.05, 0) is 25.8 Å². The first kappa shape index (κ1) is 13.8. The van der Waals surface area contributed by atoms with Crippen molar-refractivity contribution < 1.29 is 9.53 Å². The summed E-state index contributed by atoms with van der Waals surface area (Å²) in [6, 6.07) is 4.29. The number of amides is 1. The topological polar surface area (TPSA) is 54.5 Å². The summed E-state index contributed by atoms with van der Waals surface area (Å²) in [6.45, 7) is 3.77. The molecule has 5 nitrogen and oxygen atoms in total. The molecule has 1 amide bonds. The average Bonchev–Trinajstić information content (AvgIpc) is 3.25. The molecule has 0 unspecified atom stereocenters. The highest BCUT2D eigenvalue weighted by atomic mass is 16.5. The van der Waals surface area contributed by atoms with Crippen LogP contribution in [0.1, 0.15) is 25.3 Å². The van der Waals surface area contributed by atoms with Crippen LogP contribution in [0.5, 0.6) is 5.88 Å². The van der Waals surface area contributed by atoms with Gasteiger partial charge in [0.2, 0.25) is 11.8 Å². The van der Waals surface area contributed by atoms with Crippen molar-refractivity contribution >= 4 is 5.91 Å². The van der Waals surface area contributed by atoms with Crippen molar-refractivity contribution in [1.29, 1.82) is 0 Å². The highest BCUT2D eigenvalue weighted by Gasteiger charge is 2.30. The molecule has 1 aliphatic carbocycles. The molecule has 1 heterocycles. The van der Waals surface area contributed by atoms with Crippen LogP contribution in [0.3, 0.4) is 0 Å². The molecule has 1 fully saturated rings. The summed E-state index contributed by atoms with van der Waals surface area (Å²) in [7, 11) is 1.60. The summed E-state index contributed by atoms with van der Waals surface area (Å²) >= 11 is 0. The molecule has 2 rings (SSSR count). The van der Waals surface area contributed by atoms with Crippen LogP contribution in [0.2, 0.25) is 0 Å². The van der Waals surface area contributed by atoms with Crippen LogP contribution in [0.4, 0.5) is 0 Å². The van der Waals surface area contributed by atoms with Crippen LogP contribution in [0.15, 0.2) is 18.3 Å². The van der Waals surface area contributed by atoms with Crippen LogP contribution >= 0.6 is 0 Å². The molecule has 104 valence electrons. The zero-order valence-corrected chi connectivity index (χ0v) is 11.6. The molecule has 0 saturated heterocycles. The van der Waals surface area contributed by atoms with Crippen molar-refractivity contribution in [3.63, 3.8) is 0 Å². The van der Waals surface area contributed by atoms with Crippen molar-refractivity contribution in [3.8, 4) is 5.88 Å². The lowest BCUT2D eigenvalue weighted by Crippen LogP contribution is -2.39. The van der Waals surface area contributed by atoms with Gasteiger partial charge < -0.3 is 15.0 Å². The number of carbonyl (C=O) groups excluding carboxylic acids is 1. The Bertz CT molecular complexity index is 432. The first-order valence-corrected chi connectivity index (χ1v) is 6.74. The molecule has 0 bridgehead atoms. The van der Waals surface area contributed by atoms with E-state index in [9.17, 15) is 4.79 Å². The predicted molar refractivity (Wildman–Crippen MR) is 72.9 cm³/mol. The van der Waals surface area contributed by atoms with E-state index in [0.29, 0.717) is 25.0 Å². The van der Waals surface area contributed by atoms with Crippen LogP contribution < -0.4 is 10.1 Å². The summed E-state index contributed by atoms with van der Waals surface area (Å²) < 4.78 is 5.17. The van der Waals surface area contributed by atoms with E-state index < -0.39 is 0 Å². The van der Waals surface area contributed by atoms with E-state index in [1.807, 2.05) is 24.0 Å². The number of methoxy groups -OCH3 is 1. The molecule has 5 heteroatoms. The minimum absolute atomic E-state index is 0.174. The Morgan fingerprint density at radius 2 is 2.37 bits per heavy atom. The molecule has 1 aromatic rings. The molecule has 1 saturated carbocycles. The van der Waals surface area contributed by atoms with Gasteiger partial charge >= 0.3 is 0 Å². The van der Waals surface area contributed by atoms with Crippen LogP contribution in [0.25, 0.3) is 0 Å². The number of ether oxygens (including phenoxy) is 1. The Hall–Kier alpha value is -1.62. The summed E-state index contributed by atoms with van der Waals surface area (Å²) in [4.78, 5) is 18.1. The van der Waals surface area contributed by atoms with E-state index in [0.717, 1.165) is 24.9 Å². The molecular formula is C14H21N3O2. The first-order valence-electron chi connectivity index (χ1n) is 6.74. The number of hydrogen-bond donors (Lipinski definition) is 1. The molecule has 0 atom stereocenters. The molecule has 1 aromatic heterocycles. The Labute approximate surface area is 114 Å². The number of hydrogen-bond acceptors (Lipinski definition) is 4. The molecule has 0 radical (unpaired) electrons. The van der Waals surface area contributed by atoms with E-state index in [4.69, 9.17) is 4.74 Å². The lowest BCUT2D eigenvalue weighted by atomic mass is 10.2. The smallest absolute Gasteiger partial charge is 0.236 e. The highest BCUT2D eigenvalue weighted by Crippen LogP contribution is 2.26. The van der Waals surface area contributed by atoms with Gasteiger partial charge in [-0.3, -0.25) is 4.79 Å². The maximum atomic E-state index is 12.0. The highest BCUT2D eigenvalue weighted by molar-refractivity contribution is 5.78. The molecule has 1 aliphatic rings. The third-order valence-corrected chi connectivity index (χ3v) is 3.28. The average molecular weight is 263 g/mol. The van der Waals surface area contributed by atoms with Crippen molar-refractivity contribution in [1.82, 2.24) is 15.2 Å². The second-order valence-corrected chi connectivity index (χ2v) is 4.69. The maximum absolute atomic E-state index is 12.0. The summed E-state index contributed by atoms with van der Waals surface area (Å²) in [5, 5.41) is 3.16. The molecule has 0 aliphatic heterocycles. The zero-order chi connectivity index (χ0) is 13.7. The molecule has 0 aromatic carbocycles. The standard InChI is InChI=1S/C14H21N3O2/c1-3-17(12-6-7-12)13(18)10-15-9-11-5-4-8-16-14(11)19-2/h4-5,8,12,15H,3,6-7,9-10H2,1-2H3. The predicted octanol–water partition coefficient (Wildman–Crippen LogP) is 1.19. The number of aromatic nitrogens is 1. The van der Waals surface area contributed by atoms with Crippen LogP contribution in [0, 0.1) is 0 Å². The summed E-state index contributed by atoms with van der Waals surface area (Å²) in [5.74, 6) is 0.782. The largest absolute Gasteiger partial charge is 0.481 e. The molecular weight excluding hydrogens is 242 g/mol. The van der Waals surface area contributed by atoms with Crippen molar-refractivity contribution in [2.45, 2.75) is 32.4 Å². The SMILES string of the molecule is CCN(C(=O)CNCc1cccnc1OC)C1CC1. The fraction of sp³-hybridized carbons (Fsp3) is 0.571. The van der Waals surface area contributed by atoms with Crippen molar-refractivity contribution in [2.75, 3.05) is 20.2 Å². The van der Waals surface area contributed by atoms with Gasteiger partial charge in [-0.15, -0.1) is 0 Å². The fourth-order valence-corrected chi connectivity index (χ4v) is 2.17. The van der Waals surface area contributed by atoms with E-state index >= 15 is 0 Å². The van der Waals surface area contributed by atoms with Gasteiger partial charge in [0.1, 0.15) is 0 Å². The van der Waals surface area contributed by atoms with Gasteiger partial charge in [0, 0.05) is 30.9 Å². The van der Waals surface area contributed by atoms with E-state index in [2.05, 4.69) is 10.3 Å². The maximum Gasteiger partial charge on any atom is 0.236 e. The number of carbonyl (C=O) groups is 1. The van der Waals surface area contributed by atoms with E-state index in [1.54, 1.807) is 13.3 Å². The number of rotatable bonds is 7. The van der Waals surface area contributed by atoms with Gasteiger partial charge in [-0.1, -0.05) is 6.07 Å². The second-order valence-electron chi connectivity index (χ2n) is 4.69. The third kappa shape index (κ3) is 3.67. The van der Waals surface area contributed by atoms with Crippen molar-refractivity contribution in [3.05, 3.63) is 23.9 Å². The van der Waals surface area contributed by atoms with E-state index in [-0.39, 0.29) is 5.91 Å². The quantitative estimate of drug-likeness (QED) is 0.803. The minimum Gasteiger partial charge on any atom is -0.481 e. The zero-order valence-electron chi connectivity index (χ0n) is 11.6. The monoisotopic (exact) mass is 263 g/mol. The lowest BCUT2D eigenvalue weighted by Gasteiger charge is -2.20. The Kier molecular flexibility index (Phi) is 4.74. The molecule has 19 heavy (non-hydrogen) atoms. The summed E-state index contributed by atoms with van der Waals surface area (Å²) in [5.41, 5.74) is 0.965. The van der Waals surface area contributed by atoms with Crippen molar-refractivity contribution in [2.24, 2.45) is 0 Å². The van der Waals surface area contributed by atoms with Gasteiger partial charge in [-0.2, -0.15) is 0 Å². The lowest BCUT2D eigenvalue weighted by molar-refractivity contribution is -0.130. The molecule has 1 N–H and O–H groups in total. The van der Waals surface area contributed by atoms with Gasteiger partial charge in [0.05, 0.1) is 13.7 Å². The van der Waals surface area contributed by atoms with E-state index in [1.165, 1.54) is 0 Å². The molecule has 0 spiro atoms. The number of likely N-dealkylation sites (N-methyl/N-ethyl adjacent to an activating group) is 1. The summed E-state index contributed by atoms with van der Waals surface area (Å²) in [6.07, 6.45) is 3.99. The van der Waals surface area contributed by atoms with Gasteiger partial charge in [0.15, 0.2) is 0 Å². The third-order valence-electron chi connectivity index (χ3n) is 3.28. The normalized spacial score (nSPS) is 14.2. The van der Waals surface area contributed by atoms with Crippen LogP contribution in [-0.2, 0) is 11.3 Å². The van der Waals surface area contributed by atoms with Gasteiger partial charge in [0.25, 0.3) is 0 Å². The Morgan fingerprint density at radius 1 is 1.58 bits per heavy atom. The Morgan fingerprint density at radius 3 is 3.00 bits per heavy atom. The van der Waals surface area contributed by atoms with Gasteiger partial charge in [-0.25, -0.2) is 4.98 Å². The second kappa shape index (κ2) is 6.52. The Balaban J connectivity index is 1.81. The minimum atomic E-state index is 0.174.